The van der Waals surface area contributed by atoms with E-state index in [2.05, 4.69) is 4.98 Å². The molecule has 1 heterocycles. The number of hydrogen-bond acceptors (Lipinski definition) is 3. The molecule has 4 heteroatoms. The third-order valence-electron chi connectivity index (χ3n) is 2.92. The van der Waals surface area contributed by atoms with Crippen molar-refractivity contribution in [1.82, 2.24) is 4.98 Å². The molecule has 0 bridgehead atoms. The van der Waals surface area contributed by atoms with E-state index in [4.69, 9.17) is 22.1 Å². The minimum Gasteiger partial charge on any atom is -0.487 e. The van der Waals surface area contributed by atoms with Gasteiger partial charge in [0.2, 0.25) is 0 Å². The average Bonchev–Trinajstić information content (AvgIpc) is 2.39. The molecular weight excluding hydrogens is 272 g/mol. The van der Waals surface area contributed by atoms with Gasteiger partial charge in [0.1, 0.15) is 12.4 Å². The quantitative estimate of drug-likeness (QED) is 0.916. The number of halogens is 1. The summed E-state index contributed by atoms with van der Waals surface area (Å²) >= 11 is 6.23. The number of aryl methyl sites for hydroxylation is 1. The summed E-state index contributed by atoms with van der Waals surface area (Å²) in [5, 5.41) is 0.692. The predicted octanol–water partition coefficient (Wildman–Crippen LogP) is 3.51. The van der Waals surface area contributed by atoms with E-state index in [-0.39, 0.29) is 6.04 Å². The number of nitrogens with zero attached hydrogens (tertiary/aromatic N) is 1. The fourth-order valence-electron chi connectivity index (χ4n) is 2.03. The molecule has 0 saturated carbocycles. The Morgan fingerprint density at radius 2 is 2.00 bits per heavy atom. The number of benzene rings is 1. The summed E-state index contributed by atoms with van der Waals surface area (Å²) in [6.45, 7) is 4.34. The van der Waals surface area contributed by atoms with Crippen molar-refractivity contribution in [2.75, 3.05) is 0 Å². The minimum atomic E-state index is 0.0364. The molecule has 0 aliphatic carbocycles. The monoisotopic (exact) mass is 290 g/mol. The smallest absolute Gasteiger partial charge is 0.130 e. The van der Waals surface area contributed by atoms with E-state index in [1.54, 1.807) is 0 Å². The molecule has 2 N–H and O–H groups in total. The van der Waals surface area contributed by atoms with Crippen LogP contribution in [0.15, 0.2) is 36.4 Å². The zero-order valence-electron chi connectivity index (χ0n) is 11.8. The van der Waals surface area contributed by atoms with E-state index in [1.807, 2.05) is 50.2 Å². The third kappa shape index (κ3) is 3.95. The van der Waals surface area contributed by atoms with Crippen molar-refractivity contribution in [3.63, 3.8) is 0 Å². The van der Waals surface area contributed by atoms with Crippen molar-refractivity contribution in [2.45, 2.75) is 32.9 Å². The molecule has 3 nitrogen and oxygen atoms in total. The van der Waals surface area contributed by atoms with Gasteiger partial charge in [-0.1, -0.05) is 23.7 Å². The maximum atomic E-state index is 6.23. The molecule has 0 fully saturated rings. The molecule has 1 aromatic carbocycles. The van der Waals surface area contributed by atoms with Crippen LogP contribution in [0, 0.1) is 6.92 Å². The first-order valence-corrected chi connectivity index (χ1v) is 7.02. The van der Waals surface area contributed by atoms with E-state index in [0.29, 0.717) is 18.1 Å². The highest BCUT2D eigenvalue weighted by Gasteiger charge is 2.10. The Kier molecular flexibility index (Phi) is 4.99. The van der Waals surface area contributed by atoms with Crippen LogP contribution >= 0.6 is 11.6 Å². The van der Waals surface area contributed by atoms with Gasteiger partial charge < -0.3 is 10.5 Å². The predicted molar refractivity (Wildman–Crippen MR) is 82.1 cm³/mol. The number of rotatable bonds is 5. The molecule has 0 saturated heterocycles. The number of pyridine rings is 1. The van der Waals surface area contributed by atoms with Gasteiger partial charge in [-0.05, 0) is 44.5 Å². The molecule has 2 aromatic rings. The molecule has 0 spiro atoms. The SMILES string of the molecule is Cc1cccc(COc2cccc(Cl)c2CC(C)N)n1. The standard InChI is InChI=1S/C16H19ClN2O/c1-11(18)9-14-15(17)7-4-8-16(14)20-10-13-6-3-5-12(2)19-13/h3-8,11H,9-10,18H2,1-2H3. The summed E-state index contributed by atoms with van der Waals surface area (Å²) in [6, 6.07) is 11.6. The van der Waals surface area contributed by atoms with Gasteiger partial charge in [0.25, 0.3) is 0 Å². The fraction of sp³-hybridized carbons (Fsp3) is 0.312. The minimum absolute atomic E-state index is 0.0364. The summed E-state index contributed by atoms with van der Waals surface area (Å²) in [4.78, 5) is 4.42. The van der Waals surface area contributed by atoms with Gasteiger partial charge in [0.05, 0.1) is 5.69 Å². The molecule has 0 aliphatic heterocycles. The van der Waals surface area contributed by atoms with Crippen LogP contribution in [0.5, 0.6) is 5.75 Å². The van der Waals surface area contributed by atoms with Crippen molar-refractivity contribution in [3.05, 3.63) is 58.4 Å². The molecule has 20 heavy (non-hydrogen) atoms. The van der Waals surface area contributed by atoms with Crippen molar-refractivity contribution in [1.29, 1.82) is 0 Å². The highest BCUT2D eigenvalue weighted by Crippen LogP contribution is 2.28. The lowest BCUT2D eigenvalue weighted by atomic mass is 10.1. The van der Waals surface area contributed by atoms with Crippen LogP contribution in [0.25, 0.3) is 0 Å². The lowest BCUT2D eigenvalue weighted by molar-refractivity contribution is 0.297. The Hall–Kier alpha value is -1.58. The molecule has 1 atom stereocenters. The molecule has 0 aliphatic rings. The first-order valence-electron chi connectivity index (χ1n) is 6.64. The zero-order chi connectivity index (χ0) is 14.5. The van der Waals surface area contributed by atoms with E-state index in [1.165, 1.54) is 0 Å². The molecule has 1 aromatic heterocycles. The van der Waals surface area contributed by atoms with Crippen LogP contribution in [0.3, 0.4) is 0 Å². The second-order valence-electron chi connectivity index (χ2n) is 4.96. The first kappa shape index (κ1) is 14.8. The normalized spacial score (nSPS) is 12.2. The van der Waals surface area contributed by atoms with Crippen molar-refractivity contribution in [3.8, 4) is 5.75 Å². The Balaban J connectivity index is 2.15. The summed E-state index contributed by atoms with van der Waals surface area (Å²) in [5.74, 6) is 0.776. The first-order chi connectivity index (χ1) is 9.56. The number of aromatic nitrogens is 1. The van der Waals surface area contributed by atoms with Gasteiger partial charge in [0.15, 0.2) is 0 Å². The molecule has 1 unspecified atom stereocenters. The Bertz CT molecular complexity index is 584. The van der Waals surface area contributed by atoms with Crippen LogP contribution in [0.4, 0.5) is 0 Å². The highest BCUT2D eigenvalue weighted by molar-refractivity contribution is 6.31. The second kappa shape index (κ2) is 6.73. The highest BCUT2D eigenvalue weighted by atomic mass is 35.5. The van der Waals surface area contributed by atoms with Gasteiger partial charge in [-0.15, -0.1) is 0 Å². The molecule has 106 valence electrons. The number of nitrogens with two attached hydrogens (primary N) is 1. The van der Waals surface area contributed by atoms with Gasteiger partial charge in [-0.2, -0.15) is 0 Å². The maximum Gasteiger partial charge on any atom is 0.130 e. The van der Waals surface area contributed by atoms with Crippen LogP contribution in [-0.2, 0) is 13.0 Å². The largest absolute Gasteiger partial charge is 0.487 e. The number of ether oxygens (including phenoxy) is 1. The summed E-state index contributed by atoms with van der Waals surface area (Å²) in [6.07, 6.45) is 0.691. The fourth-order valence-corrected chi connectivity index (χ4v) is 2.27. The van der Waals surface area contributed by atoms with E-state index < -0.39 is 0 Å². The van der Waals surface area contributed by atoms with Crippen LogP contribution < -0.4 is 10.5 Å². The van der Waals surface area contributed by atoms with E-state index >= 15 is 0 Å². The molecular formula is C16H19ClN2O. The topological polar surface area (TPSA) is 48.1 Å². The Labute approximate surface area is 124 Å². The van der Waals surface area contributed by atoms with Crippen LogP contribution in [-0.4, -0.2) is 11.0 Å². The lowest BCUT2D eigenvalue weighted by Gasteiger charge is -2.14. The third-order valence-corrected chi connectivity index (χ3v) is 3.28. The van der Waals surface area contributed by atoms with Gasteiger partial charge in [-0.25, -0.2) is 0 Å². The second-order valence-corrected chi connectivity index (χ2v) is 5.36. The van der Waals surface area contributed by atoms with Crippen molar-refractivity contribution < 1.29 is 4.74 Å². The van der Waals surface area contributed by atoms with Crippen molar-refractivity contribution >= 4 is 11.6 Å². The van der Waals surface area contributed by atoms with Crippen LogP contribution in [0.1, 0.15) is 23.9 Å². The van der Waals surface area contributed by atoms with Crippen LogP contribution in [0.2, 0.25) is 5.02 Å². The van der Waals surface area contributed by atoms with Gasteiger partial charge in [0, 0.05) is 22.3 Å². The van der Waals surface area contributed by atoms with Gasteiger partial charge >= 0.3 is 0 Å². The lowest BCUT2D eigenvalue weighted by Crippen LogP contribution is -2.18. The van der Waals surface area contributed by atoms with E-state index in [0.717, 1.165) is 22.7 Å². The zero-order valence-corrected chi connectivity index (χ0v) is 12.5. The van der Waals surface area contributed by atoms with E-state index in [9.17, 15) is 0 Å². The molecule has 2 rings (SSSR count). The molecule has 0 amide bonds. The number of hydrogen-bond donors (Lipinski definition) is 1. The Morgan fingerprint density at radius 1 is 1.25 bits per heavy atom. The van der Waals surface area contributed by atoms with Gasteiger partial charge in [-0.3, -0.25) is 4.98 Å². The van der Waals surface area contributed by atoms with Crippen molar-refractivity contribution in [2.24, 2.45) is 5.73 Å². The average molecular weight is 291 g/mol. The summed E-state index contributed by atoms with van der Waals surface area (Å²) < 4.78 is 5.86. The Morgan fingerprint density at radius 3 is 2.70 bits per heavy atom. The summed E-state index contributed by atoms with van der Waals surface area (Å²) in [5.41, 5.74) is 8.70. The molecule has 0 radical (unpaired) electrons. The maximum absolute atomic E-state index is 6.23. The summed E-state index contributed by atoms with van der Waals surface area (Å²) in [7, 11) is 0.